The van der Waals surface area contributed by atoms with Gasteiger partial charge in [-0.3, -0.25) is 0 Å². The standard InChI is InChI=1S/C14H28N2O/c1-11-7-12(2,3)9-14(17,8-11)13(15)5-4-6-16-10-13/h11,16-17H,4-10,15H2,1-3H3. The molecule has 100 valence electrons. The summed E-state index contributed by atoms with van der Waals surface area (Å²) in [6.07, 6.45) is 4.91. The second kappa shape index (κ2) is 4.22. The molecule has 1 heterocycles. The summed E-state index contributed by atoms with van der Waals surface area (Å²) in [6.45, 7) is 8.55. The maximum absolute atomic E-state index is 11.1. The Morgan fingerprint density at radius 2 is 2.00 bits per heavy atom. The van der Waals surface area contributed by atoms with Crippen LogP contribution in [0.5, 0.6) is 0 Å². The number of hydrogen-bond donors (Lipinski definition) is 3. The van der Waals surface area contributed by atoms with Gasteiger partial charge in [0.05, 0.1) is 11.1 Å². The van der Waals surface area contributed by atoms with Crippen LogP contribution in [0.4, 0.5) is 0 Å². The topological polar surface area (TPSA) is 58.3 Å². The van der Waals surface area contributed by atoms with E-state index in [2.05, 4.69) is 26.1 Å². The number of piperidine rings is 1. The first kappa shape index (κ1) is 13.3. The van der Waals surface area contributed by atoms with Crippen LogP contribution in [0.3, 0.4) is 0 Å². The summed E-state index contributed by atoms with van der Waals surface area (Å²) >= 11 is 0. The predicted octanol–water partition coefficient (Wildman–Crippen LogP) is 1.64. The normalized spacial score (nSPS) is 46.8. The van der Waals surface area contributed by atoms with Crippen LogP contribution in [0.1, 0.15) is 52.9 Å². The van der Waals surface area contributed by atoms with Gasteiger partial charge in [0.1, 0.15) is 0 Å². The molecular weight excluding hydrogens is 212 g/mol. The minimum atomic E-state index is -0.693. The maximum Gasteiger partial charge on any atom is 0.0846 e. The molecule has 0 radical (unpaired) electrons. The first-order valence-electron chi connectivity index (χ1n) is 6.98. The molecule has 0 spiro atoms. The third-order valence-electron chi connectivity index (χ3n) is 4.70. The Morgan fingerprint density at radius 3 is 2.53 bits per heavy atom. The van der Waals surface area contributed by atoms with E-state index < -0.39 is 11.1 Å². The van der Waals surface area contributed by atoms with Gasteiger partial charge in [-0.25, -0.2) is 0 Å². The van der Waals surface area contributed by atoms with Crippen LogP contribution in [0, 0.1) is 11.3 Å². The SMILES string of the molecule is CC1CC(C)(C)CC(O)(C2(N)CCCNC2)C1. The van der Waals surface area contributed by atoms with E-state index in [9.17, 15) is 5.11 Å². The van der Waals surface area contributed by atoms with Crippen molar-refractivity contribution >= 4 is 0 Å². The first-order valence-corrected chi connectivity index (χ1v) is 6.98. The highest BCUT2D eigenvalue weighted by Crippen LogP contribution is 2.48. The Morgan fingerprint density at radius 1 is 1.29 bits per heavy atom. The van der Waals surface area contributed by atoms with E-state index in [1.165, 1.54) is 6.42 Å². The van der Waals surface area contributed by atoms with E-state index in [-0.39, 0.29) is 5.41 Å². The molecule has 4 N–H and O–H groups in total. The molecule has 2 aliphatic rings. The van der Waals surface area contributed by atoms with Crippen LogP contribution in [0.25, 0.3) is 0 Å². The number of hydrogen-bond acceptors (Lipinski definition) is 3. The molecule has 3 nitrogen and oxygen atoms in total. The summed E-state index contributed by atoms with van der Waals surface area (Å²) in [5.74, 6) is 0.561. The van der Waals surface area contributed by atoms with E-state index in [0.717, 1.165) is 38.8 Å². The van der Waals surface area contributed by atoms with Crippen molar-refractivity contribution < 1.29 is 5.11 Å². The van der Waals surface area contributed by atoms with Crippen molar-refractivity contribution in [1.29, 1.82) is 0 Å². The summed E-state index contributed by atoms with van der Waals surface area (Å²) in [5.41, 5.74) is 5.62. The lowest BCUT2D eigenvalue weighted by atomic mass is 9.58. The van der Waals surface area contributed by atoms with Gasteiger partial charge in [0.15, 0.2) is 0 Å². The van der Waals surface area contributed by atoms with Crippen molar-refractivity contribution in [1.82, 2.24) is 5.32 Å². The molecule has 2 rings (SSSR count). The Labute approximate surface area is 105 Å². The summed E-state index contributed by atoms with van der Waals surface area (Å²) in [5, 5.41) is 14.5. The van der Waals surface area contributed by atoms with Gasteiger partial charge >= 0.3 is 0 Å². The van der Waals surface area contributed by atoms with Gasteiger partial charge in [0.25, 0.3) is 0 Å². The zero-order valence-corrected chi connectivity index (χ0v) is 11.6. The van der Waals surface area contributed by atoms with Gasteiger partial charge < -0.3 is 16.2 Å². The quantitative estimate of drug-likeness (QED) is 0.653. The highest BCUT2D eigenvalue weighted by atomic mass is 16.3. The van der Waals surface area contributed by atoms with E-state index in [1.54, 1.807) is 0 Å². The van der Waals surface area contributed by atoms with Crippen LogP contribution in [-0.4, -0.2) is 29.3 Å². The van der Waals surface area contributed by atoms with Crippen molar-refractivity contribution in [2.45, 2.75) is 64.0 Å². The molecular formula is C14H28N2O. The van der Waals surface area contributed by atoms with Crippen molar-refractivity contribution in [3.63, 3.8) is 0 Å². The Balaban J connectivity index is 2.21. The lowest BCUT2D eigenvalue weighted by molar-refractivity contribution is -0.116. The molecule has 3 heteroatoms. The lowest BCUT2D eigenvalue weighted by Crippen LogP contribution is -2.69. The van der Waals surface area contributed by atoms with E-state index in [0.29, 0.717) is 5.92 Å². The van der Waals surface area contributed by atoms with Crippen LogP contribution in [0.2, 0.25) is 0 Å². The van der Waals surface area contributed by atoms with E-state index in [4.69, 9.17) is 5.73 Å². The zero-order valence-electron chi connectivity index (χ0n) is 11.6. The van der Waals surface area contributed by atoms with Crippen LogP contribution < -0.4 is 11.1 Å². The maximum atomic E-state index is 11.1. The highest BCUT2D eigenvalue weighted by molar-refractivity contribution is 5.10. The second-order valence-corrected chi connectivity index (χ2v) is 7.32. The molecule has 1 saturated carbocycles. The molecule has 1 aliphatic heterocycles. The molecule has 0 aromatic rings. The van der Waals surface area contributed by atoms with E-state index in [1.807, 2.05) is 0 Å². The molecule has 2 fully saturated rings. The molecule has 0 aromatic heterocycles. The minimum absolute atomic E-state index is 0.205. The van der Waals surface area contributed by atoms with Gasteiger partial charge in [-0.05, 0) is 50.0 Å². The van der Waals surface area contributed by atoms with Crippen molar-refractivity contribution in [3.8, 4) is 0 Å². The van der Waals surface area contributed by atoms with E-state index >= 15 is 0 Å². The average Bonchev–Trinajstić information content (AvgIpc) is 2.14. The van der Waals surface area contributed by atoms with Gasteiger partial charge in [-0.2, -0.15) is 0 Å². The summed E-state index contributed by atoms with van der Waals surface area (Å²) in [7, 11) is 0. The minimum Gasteiger partial charge on any atom is -0.388 e. The number of aliphatic hydroxyl groups is 1. The fourth-order valence-corrected chi connectivity index (χ4v) is 4.23. The number of nitrogens with one attached hydrogen (secondary N) is 1. The van der Waals surface area contributed by atoms with Gasteiger partial charge in [0.2, 0.25) is 0 Å². The molecule has 3 unspecified atom stereocenters. The van der Waals surface area contributed by atoms with Gasteiger partial charge in [0, 0.05) is 6.54 Å². The third kappa shape index (κ3) is 2.51. The van der Waals surface area contributed by atoms with Gasteiger partial charge in [-0.1, -0.05) is 20.8 Å². The van der Waals surface area contributed by atoms with Crippen LogP contribution >= 0.6 is 0 Å². The number of nitrogens with two attached hydrogens (primary N) is 1. The molecule has 0 aromatic carbocycles. The summed E-state index contributed by atoms with van der Waals surface area (Å²) in [4.78, 5) is 0. The molecule has 1 aliphatic carbocycles. The predicted molar refractivity (Wildman–Crippen MR) is 70.8 cm³/mol. The Bertz CT molecular complexity index is 284. The zero-order chi connectivity index (χ0) is 12.7. The highest BCUT2D eigenvalue weighted by Gasteiger charge is 2.53. The number of rotatable bonds is 1. The van der Waals surface area contributed by atoms with Gasteiger partial charge in [-0.15, -0.1) is 0 Å². The summed E-state index contributed by atoms with van der Waals surface area (Å²) in [6, 6.07) is 0. The largest absolute Gasteiger partial charge is 0.388 e. The van der Waals surface area contributed by atoms with Crippen LogP contribution in [-0.2, 0) is 0 Å². The molecule has 0 bridgehead atoms. The van der Waals surface area contributed by atoms with Crippen molar-refractivity contribution in [2.75, 3.05) is 13.1 Å². The third-order valence-corrected chi connectivity index (χ3v) is 4.70. The van der Waals surface area contributed by atoms with Crippen molar-refractivity contribution in [2.24, 2.45) is 17.1 Å². The first-order chi connectivity index (χ1) is 7.77. The lowest BCUT2D eigenvalue weighted by Gasteiger charge is -2.54. The fourth-order valence-electron chi connectivity index (χ4n) is 4.23. The molecule has 3 atom stereocenters. The smallest absolute Gasteiger partial charge is 0.0846 e. The average molecular weight is 240 g/mol. The fraction of sp³-hybridized carbons (Fsp3) is 1.00. The second-order valence-electron chi connectivity index (χ2n) is 7.32. The van der Waals surface area contributed by atoms with Crippen molar-refractivity contribution in [3.05, 3.63) is 0 Å². The molecule has 0 amide bonds. The monoisotopic (exact) mass is 240 g/mol. The molecule has 17 heavy (non-hydrogen) atoms. The molecule has 1 saturated heterocycles. The Hall–Kier alpha value is -0.120. The Kier molecular flexibility index (Phi) is 3.30. The van der Waals surface area contributed by atoms with Crippen LogP contribution in [0.15, 0.2) is 0 Å². The summed E-state index contributed by atoms with van der Waals surface area (Å²) < 4.78 is 0.